The number of carbonyl (C=O) groups excluding carboxylic acids is 1. The highest BCUT2D eigenvalue weighted by Gasteiger charge is 2.23. The van der Waals surface area contributed by atoms with E-state index < -0.39 is 6.23 Å². The van der Waals surface area contributed by atoms with Gasteiger partial charge in [0.25, 0.3) is 0 Å². The highest BCUT2D eigenvalue weighted by Crippen LogP contribution is 2.37. The second kappa shape index (κ2) is 7.39. The number of carbonyl (C=O) groups is 1. The standard InChI is InChI=1S/C22H29N3O2/c1-14-10-17(13-25(2)22(14)27)16-11-15-8-9-20(26)24-21(15)19(12-16)23-18-6-4-3-5-7-18/h10-13,18,22-23,27H,3-9H2,1-2H3,(H,24,26). The number of hydrogen-bond acceptors (Lipinski definition) is 4. The summed E-state index contributed by atoms with van der Waals surface area (Å²) < 4.78 is 0. The van der Waals surface area contributed by atoms with Crippen molar-refractivity contribution in [3.05, 3.63) is 41.1 Å². The van der Waals surface area contributed by atoms with Crippen LogP contribution in [0.1, 0.15) is 56.6 Å². The van der Waals surface area contributed by atoms with Gasteiger partial charge in [-0.25, -0.2) is 0 Å². The van der Waals surface area contributed by atoms with Crippen LogP contribution in [0.15, 0.2) is 30.0 Å². The number of likely N-dealkylation sites (N-methyl/N-ethyl adjacent to an activating group) is 1. The van der Waals surface area contributed by atoms with E-state index in [9.17, 15) is 9.90 Å². The predicted octanol–water partition coefficient (Wildman–Crippen LogP) is 3.87. The van der Waals surface area contributed by atoms with Crippen LogP contribution in [-0.4, -0.2) is 35.2 Å². The summed E-state index contributed by atoms with van der Waals surface area (Å²) in [4.78, 5) is 13.8. The molecule has 4 rings (SSSR count). The molecule has 1 fully saturated rings. The lowest BCUT2D eigenvalue weighted by atomic mass is 9.92. The van der Waals surface area contributed by atoms with Crippen molar-refractivity contribution in [3.8, 4) is 0 Å². The first-order chi connectivity index (χ1) is 13.0. The summed E-state index contributed by atoms with van der Waals surface area (Å²) in [5.41, 5.74) is 6.32. The van der Waals surface area contributed by atoms with Crippen LogP contribution in [0.3, 0.4) is 0 Å². The number of anilines is 2. The van der Waals surface area contributed by atoms with Crippen LogP contribution in [0.5, 0.6) is 0 Å². The minimum Gasteiger partial charge on any atom is -0.381 e. The van der Waals surface area contributed by atoms with Gasteiger partial charge in [0.1, 0.15) is 6.23 Å². The van der Waals surface area contributed by atoms with Crippen LogP contribution < -0.4 is 10.6 Å². The highest BCUT2D eigenvalue weighted by molar-refractivity contribution is 5.99. The van der Waals surface area contributed by atoms with E-state index in [4.69, 9.17) is 0 Å². The molecule has 0 aromatic heterocycles. The summed E-state index contributed by atoms with van der Waals surface area (Å²) >= 11 is 0. The summed E-state index contributed by atoms with van der Waals surface area (Å²) in [5.74, 6) is 0.0948. The van der Waals surface area contributed by atoms with Gasteiger partial charge in [0.2, 0.25) is 5.91 Å². The molecule has 5 nitrogen and oxygen atoms in total. The molecule has 1 atom stereocenters. The molecule has 144 valence electrons. The number of hydrogen-bond donors (Lipinski definition) is 3. The van der Waals surface area contributed by atoms with Crippen molar-refractivity contribution in [2.75, 3.05) is 17.7 Å². The maximum Gasteiger partial charge on any atom is 0.224 e. The fourth-order valence-corrected chi connectivity index (χ4v) is 4.37. The monoisotopic (exact) mass is 367 g/mol. The number of aliphatic hydroxyl groups is 1. The highest BCUT2D eigenvalue weighted by atomic mass is 16.3. The van der Waals surface area contributed by atoms with E-state index in [1.54, 1.807) is 0 Å². The Labute approximate surface area is 161 Å². The quantitative estimate of drug-likeness (QED) is 0.759. The Morgan fingerprint density at radius 1 is 1.19 bits per heavy atom. The normalized spacial score (nSPS) is 23.3. The first-order valence-corrected chi connectivity index (χ1v) is 10.0. The number of aliphatic hydroxyl groups excluding tert-OH is 1. The first kappa shape index (κ1) is 18.1. The number of fused-ring (bicyclic) bond motifs is 1. The van der Waals surface area contributed by atoms with Gasteiger partial charge in [0, 0.05) is 25.7 Å². The molecule has 1 saturated carbocycles. The van der Waals surface area contributed by atoms with Crippen molar-refractivity contribution < 1.29 is 9.90 Å². The molecule has 2 heterocycles. The fraction of sp³-hybridized carbons (Fsp3) is 0.500. The molecular formula is C22H29N3O2. The zero-order valence-corrected chi connectivity index (χ0v) is 16.2. The van der Waals surface area contributed by atoms with Gasteiger partial charge in [-0.05, 0) is 66.7 Å². The average molecular weight is 367 g/mol. The molecule has 3 N–H and O–H groups in total. The fourth-order valence-electron chi connectivity index (χ4n) is 4.37. The van der Waals surface area contributed by atoms with Gasteiger partial charge < -0.3 is 20.6 Å². The average Bonchev–Trinajstić information content (AvgIpc) is 2.66. The number of allylic oxidation sites excluding steroid dienone is 2. The lowest BCUT2D eigenvalue weighted by Crippen LogP contribution is -2.30. The third-order valence-corrected chi connectivity index (χ3v) is 5.92. The number of nitrogens with zero attached hydrogens (tertiary/aromatic N) is 1. The van der Waals surface area contributed by atoms with Crippen molar-refractivity contribution in [2.24, 2.45) is 0 Å². The van der Waals surface area contributed by atoms with Gasteiger partial charge in [-0.15, -0.1) is 0 Å². The summed E-state index contributed by atoms with van der Waals surface area (Å²) in [7, 11) is 1.89. The summed E-state index contributed by atoms with van der Waals surface area (Å²) in [6.45, 7) is 1.95. The van der Waals surface area contributed by atoms with Gasteiger partial charge in [-0.2, -0.15) is 0 Å². The van der Waals surface area contributed by atoms with Crippen LogP contribution in [0, 0.1) is 0 Å². The third kappa shape index (κ3) is 3.74. The van der Waals surface area contributed by atoms with E-state index in [-0.39, 0.29) is 5.91 Å². The minimum atomic E-state index is -0.564. The first-order valence-electron chi connectivity index (χ1n) is 10.0. The SMILES string of the molecule is CC1=CC(c2cc3c(c(NC4CCCCC4)c2)NC(=O)CC3)=CN(C)C1O. The van der Waals surface area contributed by atoms with Crippen LogP contribution in [0.4, 0.5) is 11.4 Å². The summed E-state index contributed by atoms with van der Waals surface area (Å²) in [6, 6.07) is 4.81. The molecule has 0 saturated heterocycles. The maximum atomic E-state index is 12.0. The number of benzene rings is 1. The van der Waals surface area contributed by atoms with Gasteiger partial charge in [0.15, 0.2) is 0 Å². The molecule has 0 radical (unpaired) electrons. The number of aryl methyl sites for hydroxylation is 1. The summed E-state index contributed by atoms with van der Waals surface area (Å²) in [5, 5.41) is 17.0. The number of rotatable bonds is 3. The Kier molecular flexibility index (Phi) is 4.96. The van der Waals surface area contributed by atoms with Crippen molar-refractivity contribution >= 4 is 22.9 Å². The Morgan fingerprint density at radius 2 is 1.96 bits per heavy atom. The van der Waals surface area contributed by atoms with Crippen molar-refractivity contribution in [3.63, 3.8) is 0 Å². The van der Waals surface area contributed by atoms with E-state index in [2.05, 4.69) is 28.8 Å². The van der Waals surface area contributed by atoms with Gasteiger partial charge in [0.05, 0.1) is 11.4 Å². The largest absolute Gasteiger partial charge is 0.381 e. The third-order valence-electron chi connectivity index (χ3n) is 5.92. The number of amides is 1. The molecule has 3 aliphatic rings. The van der Waals surface area contributed by atoms with Crippen molar-refractivity contribution in [2.45, 2.75) is 64.1 Å². The molecule has 0 spiro atoms. The molecule has 5 heteroatoms. The van der Waals surface area contributed by atoms with Crippen LogP contribution in [-0.2, 0) is 11.2 Å². The predicted molar refractivity (Wildman–Crippen MR) is 109 cm³/mol. The van der Waals surface area contributed by atoms with Gasteiger partial charge in [-0.3, -0.25) is 4.79 Å². The Morgan fingerprint density at radius 3 is 2.70 bits per heavy atom. The maximum absolute atomic E-state index is 12.0. The zero-order valence-electron chi connectivity index (χ0n) is 16.2. The molecule has 1 unspecified atom stereocenters. The molecule has 2 aliphatic heterocycles. The molecule has 1 aromatic rings. The van der Waals surface area contributed by atoms with Crippen LogP contribution >= 0.6 is 0 Å². The van der Waals surface area contributed by atoms with Crippen molar-refractivity contribution in [1.82, 2.24) is 4.90 Å². The van der Waals surface area contributed by atoms with Crippen LogP contribution in [0.25, 0.3) is 5.57 Å². The van der Waals surface area contributed by atoms with Crippen LogP contribution in [0.2, 0.25) is 0 Å². The Balaban J connectivity index is 1.72. The Bertz CT molecular complexity index is 806. The molecule has 1 aromatic carbocycles. The summed E-state index contributed by atoms with van der Waals surface area (Å²) in [6.07, 6.45) is 11.0. The Hall–Kier alpha value is -2.27. The van der Waals surface area contributed by atoms with Gasteiger partial charge >= 0.3 is 0 Å². The second-order valence-corrected chi connectivity index (χ2v) is 8.10. The lowest BCUT2D eigenvalue weighted by Gasteiger charge is -2.30. The smallest absolute Gasteiger partial charge is 0.224 e. The van der Waals surface area contributed by atoms with E-state index in [0.29, 0.717) is 12.5 Å². The van der Waals surface area contributed by atoms with E-state index in [1.807, 2.05) is 25.1 Å². The van der Waals surface area contributed by atoms with Crippen molar-refractivity contribution in [1.29, 1.82) is 0 Å². The lowest BCUT2D eigenvalue weighted by molar-refractivity contribution is -0.116. The molecule has 1 aliphatic carbocycles. The molecule has 0 bridgehead atoms. The second-order valence-electron chi connectivity index (χ2n) is 8.10. The zero-order chi connectivity index (χ0) is 19.0. The number of nitrogens with one attached hydrogen (secondary N) is 2. The minimum absolute atomic E-state index is 0.0948. The van der Waals surface area contributed by atoms with E-state index in [0.717, 1.165) is 34.5 Å². The van der Waals surface area contributed by atoms with E-state index >= 15 is 0 Å². The van der Waals surface area contributed by atoms with Gasteiger partial charge in [-0.1, -0.05) is 19.3 Å². The molecule has 27 heavy (non-hydrogen) atoms. The topological polar surface area (TPSA) is 64.6 Å². The molecule has 1 amide bonds. The van der Waals surface area contributed by atoms with E-state index in [1.165, 1.54) is 37.7 Å². The molecular weight excluding hydrogens is 338 g/mol.